The van der Waals surface area contributed by atoms with Crippen molar-refractivity contribution in [2.45, 2.75) is 32.2 Å². The number of likely N-dealkylation sites (tertiary alicyclic amines) is 1. The molecule has 3 aromatic rings. The first kappa shape index (κ1) is 17.2. The lowest BCUT2D eigenvalue weighted by molar-refractivity contribution is 0.170. The molecule has 1 atom stereocenters. The maximum Gasteiger partial charge on any atom is 0.200 e. The van der Waals surface area contributed by atoms with E-state index >= 15 is 0 Å². The zero-order chi connectivity index (χ0) is 17.9. The number of fused-ring (bicyclic) bond motifs is 1. The standard InChI is InChI=1S/C19H23ClN6/c1-14-11-17(19-23-22-13-26(19)24-14)21-12-18(25-9-3-2-4-10-25)15-5-7-16(20)8-6-15/h5-8,11,13,18,21H,2-4,9-10,12H2,1H3. The summed E-state index contributed by atoms with van der Waals surface area (Å²) < 4.78 is 1.72. The van der Waals surface area contributed by atoms with Gasteiger partial charge in [0.25, 0.3) is 0 Å². The number of nitrogens with zero attached hydrogens (tertiary/aromatic N) is 5. The Kier molecular flexibility index (Phi) is 5.04. The van der Waals surface area contributed by atoms with E-state index in [0.29, 0.717) is 6.04 Å². The summed E-state index contributed by atoms with van der Waals surface area (Å²) >= 11 is 6.09. The second-order valence-electron chi connectivity index (χ2n) is 6.84. The summed E-state index contributed by atoms with van der Waals surface area (Å²) in [4.78, 5) is 2.56. The molecule has 7 heteroatoms. The molecule has 0 aliphatic carbocycles. The Morgan fingerprint density at radius 2 is 1.92 bits per heavy atom. The molecule has 0 radical (unpaired) electrons. The Bertz CT molecular complexity index is 869. The van der Waals surface area contributed by atoms with Crippen molar-refractivity contribution in [1.29, 1.82) is 0 Å². The highest BCUT2D eigenvalue weighted by atomic mass is 35.5. The van der Waals surface area contributed by atoms with Gasteiger partial charge in [-0.2, -0.15) is 9.61 Å². The first-order chi connectivity index (χ1) is 12.7. The highest BCUT2D eigenvalue weighted by molar-refractivity contribution is 6.30. The monoisotopic (exact) mass is 370 g/mol. The smallest absolute Gasteiger partial charge is 0.200 e. The highest BCUT2D eigenvalue weighted by Crippen LogP contribution is 2.27. The SMILES string of the molecule is Cc1cc(NCC(c2ccc(Cl)cc2)N2CCCCC2)c2nncn2n1. The minimum absolute atomic E-state index is 0.295. The van der Waals surface area contributed by atoms with Crippen LogP contribution in [0.25, 0.3) is 5.65 Å². The Labute approximate surface area is 158 Å². The number of piperidine rings is 1. The molecule has 1 aromatic carbocycles. The molecule has 26 heavy (non-hydrogen) atoms. The molecule has 1 N–H and O–H groups in total. The molecule has 3 heterocycles. The van der Waals surface area contributed by atoms with Gasteiger partial charge in [-0.1, -0.05) is 30.2 Å². The van der Waals surface area contributed by atoms with Gasteiger partial charge in [0.1, 0.15) is 6.33 Å². The molecular formula is C19H23ClN6. The lowest BCUT2D eigenvalue weighted by atomic mass is 10.0. The summed E-state index contributed by atoms with van der Waals surface area (Å²) in [5.74, 6) is 0. The topological polar surface area (TPSA) is 58.3 Å². The number of aromatic nitrogens is 4. The van der Waals surface area contributed by atoms with Crippen molar-refractivity contribution in [3.8, 4) is 0 Å². The largest absolute Gasteiger partial charge is 0.380 e. The van der Waals surface area contributed by atoms with Crippen LogP contribution in [0.4, 0.5) is 5.69 Å². The van der Waals surface area contributed by atoms with Crippen LogP contribution in [0.3, 0.4) is 0 Å². The Balaban J connectivity index is 1.59. The van der Waals surface area contributed by atoms with Crippen LogP contribution in [-0.4, -0.2) is 44.3 Å². The van der Waals surface area contributed by atoms with Crippen molar-refractivity contribution in [1.82, 2.24) is 24.7 Å². The lowest BCUT2D eigenvalue weighted by Gasteiger charge is -2.35. The summed E-state index contributed by atoms with van der Waals surface area (Å²) in [6.45, 7) is 5.04. The molecule has 0 amide bonds. The van der Waals surface area contributed by atoms with E-state index in [4.69, 9.17) is 11.6 Å². The number of aryl methyl sites for hydroxylation is 1. The van der Waals surface area contributed by atoms with Crippen LogP contribution in [0.2, 0.25) is 5.02 Å². The van der Waals surface area contributed by atoms with Crippen LogP contribution >= 0.6 is 11.6 Å². The van der Waals surface area contributed by atoms with E-state index in [2.05, 4.69) is 37.6 Å². The second-order valence-corrected chi connectivity index (χ2v) is 7.28. The lowest BCUT2D eigenvalue weighted by Crippen LogP contribution is -2.37. The number of anilines is 1. The molecule has 1 aliphatic rings. The maximum absolute atomic E-state index is 6.09. The quantitative estimate of drug-likeness (QED) is 0.741. The predicted molar refractivity (Wildman–Crippen MR) is 104 cm³/mol. The maximum atomic E-state index is 6.09. The van der Waals surface area contributed by atoms with Crippen LogP contribution in [0.5, 0.6) is 0 Å². The van der Waals surface area contributed by atoms with Gasteiger partial charge in [0.15, 0.2) is 0 Å². The minimum atomic E-state index is 0.295. The van der Waals surface area contributed by atoms with Gasteiger partial charge >= 0.3 is 0 Å². The molecule has 0 bridgehead atoms. The van der Waals surface area contributed by atoms with Gasteiger partial charge in [0.05, 0.1) is 17.4 Å². The molecule has 1 saturated heterocycles. The second kappa shape index (κ2) is 7.60. The van der Waals surface area contributed by atoms with Crippen LogP contribution in [-0.2, 0) is 0 Å². The third kappa shape index (κ3) is 3.66. The Hall–Kier alpha value is -2.18. The summed E-state index contributed by atoms with van der Waals surface area (Å²) in [6, 6.07) is 10.5. The number of halogens is 1. The van der Waals surface area contributed by atoms with Gasteiger partial charge in [-0.25, -0.2) is 0 Å². The molecule has 1 aliphatic heterocycles. The van der Waals surface area contributed by atoms with Crippen LogP contribution < -0.4 is 5.32 Å². The van der Waals surface area contributed by atoms with Gasteiger partial charge in [-0.15, -0.1) is 10.2 Å². The molecule has 4 rings (SSSR count). The highest BCUT2D eigenvalue weighted by Gasteiger charge is 2.22. The average Bonchev–Trinajstić information content (AvgIpc) is 3.12. The van der Waals surface area contributed by atoms with E-state index in [-0.39, 0.29) is 0 Å². The molecule has 0 spiro atoms. The van der Waals surface area contributed by atoms with Crippen LogP contribution in [0.1, 0.15) is 36.6 Å². The Morgan fingerprint density at radius 1 is 1.15 bits per heavy atom. The number of benzene rings is 1. The van der Waals surface area contributed by atoms with Crippen molar-refractivity contribution in [2.75, 3.05) is 25.0 Å². The van der Waals surface area contributed by atoms with Crippen molar-refractivity contribution < 1.29 is 0 Å². The molecule has 1 fully saturated rings. The molecular weight excluding hydrogens is 348 g/mol. The van der Waals surface area contributed by atoms with E-state index in [1.807, 2.05) is 25.1 Å². The van der Waals surface area contributed by atoms with E-state index in [9.17, 15) is 0 Å². The van der Waals surface area contributed by atoms with Gasteiger partial charge in [-0.05, 0) is 56.6 Å². The first-order valence-electron chi connectivity index (χ1n) is 9.12. The fraction of sp³-hybridized carbons (Fsp3) is 0.421. The summed E-state index contributed by atoms with van der Waals surface area (Å²) in [7, 11) is 0. The van der Waals surface area contributed by atoms with E-state index in [1.165, 1.54) is 24.8 Å². The average molecular weight is 371 g/mol. The summed E-state index contributed by atoms with van der Waals surface area (Å²) in [5, 5.41) is 16.9. The Morgan fingerprint density at radius 3 is 2.69 bits per heavy atom. The van der Waals surface area contributed by atoms with Crippen molar-refractivity contribution in [2.24, 2.45) is 0 Å². The van der Waals surface area contributed by atoms with E-state index in [0.717, 1.165) is 41.7 Å². The molecule has 6 nitrogen and oxygen atoms in total. The fourth-order valence-electron chi connectivity index (χ4n) is 3.66. The van der Waals surface area contributed by atoms with Gasteiger partial charge < -0.3 is 5.32 Å². The fourth-order valence-corrected chi connectivity index (χ4v) is 3.79. The molecule has 0 saturated carbocycles. The van der Waals surface area contributed by atoms with Crippen LogP contribution in [0, 0.1) is 6.92 Å². The van der Waals surface area contributed by atoms with Crippen molar-refractivity contribution in [3.63, 3.8) is 0 Å². The van der Waals surface area contributed by atoms with Gasteiger partial charge in [0, 0.05) is 11.6 Å². The normalized spacial score (nSPS) is 16.7. The zero-order valence-electron chi connectivity index (χ0n) is 14.9. The zero-order valence-corrected chi connectivity index (χ0v) is 15.7. The minimum Gasteiger partial charge on any atom is -0.380 e. The molecule has 2 aromatic heterocycles. The van der Waals surface area contributed by atoms with Crippen molar-refractivity contribution in [3.05, 3.63) is 52.9 Å². The third-order valence-electron chi connectivity index (χ3n) is 4.96. The van der Waals surface area contributed by atoms with Gasteiger partial charge in [0.2, 0.25) is 5.65 Å². The third-order valence-corrected chi connectivity index (χ3v) is 5.21. The van der Waals surface area contributed by atoms with Crippen molar-refractivity contribution >= 4 is 22.9 Å². The summed E-state index contributed by atoms with van der Waals surface area (Å²) in [6.07, 6.45) is 5.47. The first-order valence-corrected chi connectivity index (χ1v) is 9.49. The van der Waals surface area contributed by atoms with E-state index in [1.54, 1.807) is 10.8 Å². The predicted octanol–water partition coefficient (Wildman–Crippen LogP) is 3.73. The van der Waals surface area contributed by atoms with E-state index < -0.39 is 0 Å². The molecule has 1 unspecified atom stereocenters. The number of hydrogen-bond donors (Lipinski definition) is 1. The number of nitrogens with one attached hydrogen (secondary N) is 1. The molecule has 136 valence electrons. The van der Waals surface area contributed by atoms with Crippen LogP contribution in [0.15, 0.2) is 36.7 Å². The summed E-state index contributed by atoms with van der Waals surface area (Å²) in [5.41, 5.74) is 3.93. The van der Waals surface area contributed by atoms with Gasteiger partial charge in [-0.3, -0.25) is 4.90 Å². The number of rotatable bonds is 5. The number of hydrogen-bond acceptors (Lipinski definition) is 5.